The van der Waals surface area contributed by atoms with Crippen molar-refractivity contribution in [3.63, 3.8) is 0 Å². The minimum Gasteiger partial charge on any atom is -0.390 e. The molecule has 0 saturated carbocycles. The third-order valence-electron chi connectivity index (χ3n) is 3.28. The molecule has 16 heavy (non-hydrogen) atoms. The lowest BCUT2D eigenvalue weighted by Gasteiger charge is -2.25. The molecule has 1 aliphatic heterocycles. The van der Waals surface area contributed by atoms with E-state index in [1.54, 1.807) is 0 Å². The van der Waals surface area contributed by atoms with Crippen molar-refractivity contribution in [2.24, 2.45) is 5.92 Å². The molecule has 0 aliphatic carbocycles. The first kappa shape index (κ1) is 13.9. The maximum atomic E-state index is 9.93. The molecule has 96 valence electrons. The minimum atomic E-state index is -0.241. The second-order valence-electron chi connectivity index (χ2n) is 6.11. The van der Waals surface area contributed by atoms with Crippen molar-refractivity contribution < 1.29 is 5.11 Å². The van der Waals surface area contributed by atoms with E-state index in [2.05, 4.69) is 37.9 Å². The highest BCUT2D eigenvalue weighted by molar-refractivity contribution is 4.79. The zero-order valence-corrected chi connectivity index (χ0v) is 11.3. The average molecular weight is 228 g/mol. The quantitative estimate of drug-likeness (QED) is 0.748. The van der Waals surface area contributed by atoms with Gasteiger partial charge >= 0.3 is 0 Å². The molecule has 0 bridgehead atoms. The van der Waals surface area contributed by atoms with Gasteiger partial charge in [-0.3, -0.25) is 0 Å². The number of aliphatic hydroxyl groups is 1. The summed E-state index contributed by atoms with van der Waals surface area (Å²) in [5.74, 6) is 0.850. The number of hydrogen-bond acceptors (Lipinski definition) is 3. The molecule has 1 aliphatic rings. The summed E-state index contributed by atoms with van der Waals surface area (Å²) in [6.45, 7) is 12.5. The summed E-state index contributed by atoms with van der Waals surface area (Å²) >= 11 is 0. The van der Waals surface area contributed by atoms with Crippen LogP contribution in [0.5, 0.6) is 0 Å². The first-order valence-electron chi connectivity index (χ1n) is 6.56. The topological polar surface area (TPSA) is 35.5 Å². The van der Waals surface area contributed by atoms with Crippen LogP contribution in [0.4, 0.5) is 0 Å². The molecule has 0 aromatic carbocycles. The van der Waals surface area contributed by atoms with Gasteiger partial charge in [0, 0.05) is 25.2 Å². The standard InChI is InChI=1S/C13H28N2O/c1-5-11-6-7-15(9-11)10-12(16)8-14-13(2,3)4/h11-12,14,16H,5-10H2,1-4H3. The maximum Gasteiger partial charge on any atom is 0.0791 e. The van der Waals surface area contributed by atoms with Crippen LogP contribution < -0.4 is 5.32 Å². The zero-order valence-electron chi connectivity index (χ0n) is 11.3. The summed E-state index contributed by atoms with van der Waals surface area (Å²) in [6.07, 6.45) is 2.33. The lowest BCUT2D eigenvalue weighted by molar-refractivity contribution is 0.114. The molecule has 0 spiro atoms. The fourth-order valence-corrected chi connectivity index (χ4v) is 2.20. The van der Waals surface area contributed by atoms with Crippen molar-refractivity contribution in [3.05, 3.63) is 0 Å². The van der Waals surface area contributed by atoms with Crippen LogP contribution in [0, 0.1) is 5.92 Å². The smallest absolute Gasteiger partial charge is 0.0791 e. The highest BCUT2D eigenvalue weighted by Gasteiger charge is 2.23. The van der Waals surface area contributed by atoms with Crippen LogP contribution in [0.2, 0.25) is 0 Å². The summed E-state index contributed by atoms with van der Waals surface area (Å²) in [4.78, 5) is 2.39. The Bertz CT molecular complexity index is 201. The minimum absolute atomic E-state index is 0.0952. The van der Waals surface area contributed by atoms with Gasteiger partial charge in [0.25, 0.3) is 0 Å². The number of rotatable bonds is 5. The third-order valence-corrected chi connectivity index (χ3v) is 3.28. The Labute approximate surface area is 100 Å². The Morgan fingerprint density at radius 1 is 1.44 bits per heavy atom. The summed E-state index contributed by atoms with van der Waals surface area (Å²) in [5, 5.41) is 13.3. The van der Waals surface area contributed by atoms with Crippen molar-refractivity contribution in [2.45, 2.75) is 52.2 Å². The second kappa shape index (κ2) is 5.99. The summed E-state index contributed by atoms with van der Waals surface area (Å²) in [6, 6.07) is 0. The molecule has 0 radical (unpaired) electrons. The van der Waals surface area contributed by atoms with Crippen LogP contribution in [-0.4, -0.2) is 47.8 Å². The van der Waals surface area contributed by atoms with E-state index in [1.807, 2.05) is 0 Å². The van der Waals surface area contributed by atoms with Gasteiger partial charge in [-0.2, -0.15) is 0 Å². The molecule has 3 nitrogen and oxygen atoms in total. The number of nitrogens with zero attached hydrogens (tertiary/aromatic N) is 1. The Hall–Kier alpha value is -0.120. The van der Waals surface area contributed by atoms with E-state index >= 15 is 0 Å². The molecule has 0 aromatic rings. The Kier molecular flexibility index (Phi) is 5.22. The van der Waals surface area contributed by atoms with Crippen molar-refractivity contribution in [1.29, 1.82) is 0 Å². The van der Waals surface area contributed by atoms with Crippen LogP contribution in [0.15, 0.2) is 0 Å². The predicted molar refractivity (Wildman–Crippen MR) is 68.6 cm³/mol. The van der Waals surface area contributed by atoms with E-state index in [0.29, 0.717) is 6.54 Å². The molecule has 0 amide bonds. The van der Waals surface area contributed by atoms with Crippen molar-refractivity contribution in [2.75, 3.05) is 26.2 Å². The van der Waals surface area contributed by atoms with Crippen LogP contribution in [0.1, 0.15) is 40.5 Å². The fourth-order valence-electron chi connectivity index (χ4n) is 2.20. The van der Waals surface area contributed by atoms with Crippen molar-refractivity contribution in [3.8, 4) is 0 Å². The first-order chi connectivity index (χ1) is 7.40. The average Bonchev–Trinajstić information content (AvgIpc) is 2.61. The predicted octanol–water partition coefficient (Wildman–Crippen LogP) is 1.47. The van der Waals surface area contributed by atoms with Crippen molar-refractivity contribution in [1.82, 2.24) is 10.2 Å². The van der Waals surface area contributed by atoms with Gasteiger partial charge < -0.3 is 15.3 Å². The van der Waals surface area contributed by atoms with E-state index in [0.717, 1.165) is 19.0 Å². The van der Waals surface area contributed by atoms with E-state index < -0.39 is 0 Å². The number of nitrogens with one attached hydrogen (secondary N) is 1. The molecule has 2 N–H and O–H groups in total. The summed E-state index contributed by atoms with van der Waals surface area (Å²) in [5.41, 5.74) is 0.0952. The van der Waals surface area contributed by atoms with Crippen LogP contribution >= 0.6 is 0 Å². The molecule has 2 atom stereocenters. The number of aliphatic hydroxyl groups excluding tert-OH is 1. The highest BCUT2D eigenvalue weighted by atomic mass is 16.3. The molecule has 1 saturated heterocycles. The van der Waals surface area contributed by atoms with Gasteiger partial charge in [-0.05, 0) is 39.7 Å². The molecule has 0 aromatic heterocycles. The summed E-state index contributed by atoms with van der Waals surface area (Å²) < 4.78 is 0. The maximum absolute atomic E-state index is 9.93. The van der Waals surface area contributed by atoms with E-state index in [-0.39, 0.29) is 11.6 Å². The van der Waals surface area contributed by atoms with E-state index in [1.165, 1.54) is 19.4 Å². The largest absolute Gasteiger partial charge is 0.390 e. The molecule has 3 heteroatoms. The molecular formula is C13H28N2O. The van der Waals surface area contributed by atoms with Gasteiger partial charge in [-0.1, -0.05) is 13.3 Å². The Morgan fingerprint density at radius 3 is 2.62 bits per heavy atom. The molecule has 1 fully saturated rings. The number of β-amino-alcohol motifs (C(OH)–C–C–N with tert-alkyl or cyclic N) is 1. The molecular weight excluding hydrogens is 200 g/mol. The van der Waals surface area contributed by atoms with E-state index in [4.69, 9.17) is 0 Å². The SMILES string of the molecule is CCC1CCN(CC(O)CNC(C)(C)C)C1. The normalized spacial score (nSPS) is 24.9. The van der Waals surface area contributed by atoms with Gasteiger partial charge in [0.05, 0.1) is 6.10 Å². The van der Waals surface area contributed by atoms with Gasteiger partial charge in [-0.25, -0.2) is 0 Å². The lowest BCUT2D eigenvalue weighted by Crippen LogP contribution is -2.44. The van der Waals surface area contributed by atoms with Crippen LogP contribution in [-0.2, 0) is 0 Å². The fraction of sp³-hybridized carbons (Fsp3) is 1.00. The molecule has 2 unspecified atom stereocenters. The number of likely N-dealkylation sites (tertiary alicyclic amines) is 1. The first-order valence-corrected chi connectivity index (χ1v) is 6.56. The van der Waals surface area contributed by atoms with Crippen LogP contribution in [0.25, 0.3) is 0 Å². The van der Waals surface area contributed by atoms with Crippen LogP contribution in [0.3, 0.4) is 0 Å². The summed E-state index contributed by atoms with van der Waals surface area (Å²) in [7, 11) is 0. The van der Waals surface area contributed by atoms with Gasteiger partial charge in [0.1, 0.15) is 0 Å². The lowest BCUT2D eigenvalue weighted by atomic mass is 10.1. The molecule has 1 rings (SSSR count). The number of hydrogen-bond donors (Lipinski definition) is 2. The Morgan fingerprint density at radius 2 is 2.12 bits per heavy atom. The van der Waals surface area contributed by atoms with Gasteiger partial charge in [0.2, 0.25) is 0 Å². The van der Waals surface area contributed by atoms with E-state index in [9.17, 15) is 5.11 Å². The second-order valence-corrected chi connectivity index (χ2v) is 6.11. The molecule has 1 heterocycles. The highest BCUT2D eigenvalue weighted by Crippen LogP contribution is 2.18. The van der Waals surface area contributed by atoms with Gasteiger partial charge in [0.15, 0.2) is 0 Å². The zero-order chi connectivity index (χ0) is 12.2. The van der Waals surface area contributed by atoms with Crippen molar-refractivity contribution >= 4 is 0 Å². The van der Waals surface area contributed by atoms with Gasteiger partial charge in [-0.15, -0.1) is 0 Å². The Balaban J connectivity index is 2.17. The third kappa shape index (κ3) is 5.28. The monoisotopic (exact) mass is 228 g/mol.